The molecular formula is C13H11N3. The first kappa shape index (κ1) is 10.2. The quantitative estimate of drug-likeness (QED) is 0.729. The lowest BCUT2D eigenvalue weighted by atomic mass is 10.1. The van der Waals surface area contributed by atoms with Crippen LogP contribution in [0.15, 0.2) is 49.1 Å². The van der Waals surface area contributed by atoms with Crippen molar-refractivity contribution in [2.75, 3.05) is 0 Å². The zero-order valence-corrected chi connectivity index (χ0v) is 8.74. The molecule has 0 radical (unpaired) electrons. The van der Waals surface area contributed by atoms with Crippen molar-refractivity contribution in [3.05, 3.63) is 60.2 Å². The summed E-state index contributed by atoms with van der Waals surface area (Å²) in [6.45, 7) is 0.822. The largest absolute Gasteiger partial charge is 0.333 e. The van der Waals surface area contributed by atoms with Crippen molar-refractivity contribution in [1.29, 1.82) is 5.26 Å². The fourth-order valence-electron chi connectivity index (χ4n) is 1.46. The van der Waals surface area contributed by atoms with Gasteiger partial charge in [0.05, 0.1) is 12.4 Å². The van der Waals surface area contributed by atoms with E-state index in [1.807, 2.05) is 29.0 Å². The fourth-order valence-corrected chi connectivity index (χ4v) is 1.46. The average Bonchev–Trinajstić information content (AvgIpc) is 2.81. The summed E-state index contributed by atoms with van der Waals surface area (Å²) in [5.74, 6) is 0. The van der Waals surface area contributed by atoms with Gasteiger partial charge in [-0.3, -0.25) is 0 Å². The summed E-state index contributed by atoms with van der Waals surface area (Å²) < 4.78 is 2.01. The number of nitriles is 1. The van der Waals surface area contributed by atoms with Crippen LogP contribution in [0.3, 0.4) is 0 Å². The second-order valence-corrected chi connectivity index (χ2v) is 3.44. The number of nitrogens with zero attached hydrogens (tertiary/aromatic N) is 3. The minimum atomic E-state index is 0.822. The van der Waals surface area contributed by atoms with Gasteiger partial charge in [0.25, 0.3) is 0 Å². The van der Waals surface area contributed by atoms with E-state index < -0.39 is 0 Å². The third-order valence-electron chi connectivity index (χ3n) is 2.25. The molecular weight excluding hydrogens is 198 g/mol. The van der Waals surface area contributed by atoms with Gasteiger partial charge in [0, 0.05) is 25.0 Å². The van der Waals surface area contributed by atoms with Gasteiger partial charge in [-0.15, -0.1) is 0 Å². The van der Waals surface area contributed by atoms with Gasteiger partial charge in [0.15, 0.2) is 0 Å². The number of allylic oxidation sites excluding steroid dienone is 1. The Bertz CT molecular complexity index is 501. The first-order chi connectivity index (χ1) is 7.88. The van der Waals surface area contributed by atoms with E-state index in [9.17, 15) is 0 Å². The predicted molar refractivity (Wildman–Crippen MR) is 62.4 cm³/mol. The monoisotopic (exact) mass is 209 g/mol. The van der Waals surface area contributed by atoms with Crippen LogP contribution in [0, 0.1) is 11.3 Å². The summed E-state index contributed by atoms with van der Waals surface area (Å²) in [6, 6.07) is 10.1. The smallest absolute Gasteiger partial charge is 0.0949 e. The summed E-state index contributed by atoms with van der Waals surface area (Å²) in [6.07, 6.45) is 8.77. The van der Waals surface area contributed by atoms with Crippen LogP contribution in [-0.2, 0) is 6.54 Å². The van der Waals surface area contributed by atoms with Gasteiger partial charge in [-0.25, -0.2) is 4.98 Å². The van der Waals surface area contributed by atoms with Crippen molar-refractivity contribution >= 4 is 6.08 Å². The van der Waals surface area contributed by atoms with Crippen molar-refractivity contribution in [2.24, 2.45) is 0 Å². The molecule has 0 atom stereocenters. The van der Waals surface area contributed by atoms with Crippen LogP contribution in [-0.4, -0.2) is 9.55 Å². The molecule has 0 saturated carbocycles. The molecule has 0 saturated heterocycles. The Kier molecular flexibility index (Phi) is 3.15. The summed E-state index contributed by atoms with van der Waals surface area (Å²) in [7, 11) is 0. The lowest BCUT2D eigenvalue weighted by Crippen LogP contribution is -1.95. The van der Waals surface area contributed by atoms with Crippen LogP contribution in [0.1, 0.15) is 11.1 Å². The van der Waals surface area contributed by atoms with Gasteiger partial charge in [-0.2, -0.15) is 5.26 Å². The summed E-state index contributed by atoms with van der Waals surface area (Å²) >= 11 is 0. The van der Waals surface area contributed by atoms with Gasteiger partial charge >= 0.3 is 0 Å². The van der Waals surface area contributed by atoms with Crippen LogP contribution in [0.25, 0.3) is 6.08 Å². The van der Waals surface area contributed by atoms with Crippen molar-refractivity contribution in [3.8, 4) is 6.07 Å². The third-order valence-corrected chi connectivity index (χ3v) is 2.25. The molecule has 0 amide bonds. The summed E-state index contributed by atoms with van der Waals surface area (Å²) in [5, 5.41) is 8.41. The molecule has 0 N–H and O–H groups in total. The minimum Gasteiger partial charge on any atom is -0.333 e. The maximum absolute atomic E-state index is 8.41. The van der Waals surface area contributed by atoms with Crippen LogP contribution < -0.4 is 0 Å². The van der Waals surface area contributed by atoms with E-state index in [0.29, 0.717) is 0 Å². The van der Waals surface area contributed by atoms with E-state index in [4.69, 9.17) is 5.26 Å². The highest BCUT2D eigenvalue weighted by Crippen LogP contribution is 2.07. The topological polar surface area (TPSA) is 41.6 Å². The van der Waals surface area contributed by atoms with E-state index in [1.54, 1.807) is 18.6 Å². The van der Waals surface area contributed by atoms with Crippen molar-refractivity contribution in [2.45, 2.75) is 6.54 Å². The number of benzene rings is 1. The maximum atomic E-state index is 8.41. The first-order valence-electron chi connectivity index (χ1n) is 4.99. The highest BCUT2D eigenvalue weighted by atomic mass is 15.0. The van der Waals surface area contributed by atoms with Crippen LogP contribution in [0.4, 0.5) is 0 Å². The van der Waals surface area contributed by atoms with Crippen molar-refractivity contribution < 1.29 is 0 Å². The molecule has 0 bridgehead atoms. The zero-order chi connectivity index (χ0) is 11.2. The van der Waals surface area contributed by atoms with E-state index in [2.05, 4.69) is 17.1 Å². The minimum absolute atomic E-state index is 0.822. The third kappa shape index (κ3) is 2.58. The lowest BCUT2D eigenvalue weighted by molar-refractivity contribution is 0.797. The summed E-state index contributed by atoms with van der Waals surface area (Å²) in [4.78, 5) is 3.99. The Morgan fingerprint density at radius 1 is 1.31 bits per heavy atom. The van der Waals surface area contributed by atoms with E-state index >= 15 is 0 Å². The molecule has 1 heterocycles. The molecule has 3 heteroatoms. The van der Waals surface area contributed by atoms with E-state index in [1.165, 1.54) is 11.6 Å². The Labute approximate surface area is 94.3 Å². The first-order valence-corrected chi connectivity index (χ1v) is 4.99. The van der Waals surface area contributed by atoms with E-state index in [0.717, 1.165) is 12.1 Å². The summed E-state index contributed by atoms with van der Waals surface area (Å²) in [5.41, 5.74) is 2.25. The fraction of sp³-hybridized carbons (Fsp3) is 0.0769. The van der Waals surface area contributed by atoms with Crippen molar-refractivity contribution in [1.82, 2.24) is 9.55 Å². The predicted octanol–water partition coefficient (Wildman–Crippen LogP) is 2.47. The molecule has 3 nitrogen and oxygen atoms in total. The maximum Gasteiger partial charge on any atom is 0.0949 e. The van der Waals surface area contributed by atoms with Gasteiger partial charge in [-0.05, 0) is 17.2 Å². The molecule has 2 rings (SSSR count). The number of rotatable bonds is 3. The van der Waals surface area contributed by atoms with Gasteiger partial charge < -0.3 is 4.57 Å². The number of aromatic nitrogens is 2. The average molecular weight is 209 g/mol. The lowest BCUT2D eigenvalue weighted by Gasteiger charge is -2.02. The normalized spacial score (nSPS) is 10.4. The molecule has 0 fully saturated rings. The molecule has 1 aromatic carbocycles. The molecule has 0 aliphatic heterocycles. The second-order valence-electron chi connectivity index (χ2n) is 3.44. The highest BCUT2D eigenvalue weighted by molar-refractivity contribution is 5.52. The second kappa shape index (κ2) is 4.94. The van der Waals surface area contributed by atoms with E-state index in [-0.39, 0.29) is 0 Å². The molecule has 16 heavy (non-hydrogen) atoms. The SMILES string of the molecule is N#CC=Cc1ccc(Cn2ccnc2)cc1. The molecule has 0 unspecified atom stereocenters. The molecule has 0 spiro atoms. The number of imidazole rings is 1. The van der Waals surface area contributed by atoms with Crippen LogP contribution in [0.2, 0.25) is 0 Å². The zero-order valence-electron chi connectivity index (χ0n) is 8.74. The Morgan fingerprint density at radius 3 is 2.75 bits per heavy atom. The molecule has 78 valence electrons. The Balaban J connectivity index is 2.08. The van der Waals surface area contributed by atoms with Crippen LogP contribution in [0.5, 0.6) is 0 Å². The Morgan fingerprint density at radius 2 is 2.12 bits per heavy atom. The number of hydrogen-bond donors (Lipinski definition) is 0. The molecule has 0 aliphatic rings. The highest BCUT2D eigenvalue weighted by Gasteiger charge is 1.94. The van der Waals surface area contributed by atoms with Gasteiger partial charge in [0.1, 0.15) is 0 Å². The molecule has 1 aromatic heterocycles. The van der Waals surface area contributed by atoms with Crippen molar-refractivity contribution in [3.63, 3.8) is 0 Å². The Hall–Kier alpha value is -2.34. The molecule has 0 aliphatic carbocycles. The standard InChI is InChI=1S/C13H11N3/c14-7-1-2-12-3-5-13(6-4-12)10-16-9-8-15-11-16/h1-6,8-9,11H,10H2. The number of hydrogen-bond acceptors (Lipinski definition) is 2. The van der Waals surface area contributed by atoms with Gasteiger partial charge in [0.2, 0.25) is 0 Å². The van der Waals surface area contributed by atoms with Gasteiger partial charge in [-0.1, -0.05) is 24.3 Å². The molecule has 2 aromatic rings. The van der Waals surface area contributed by atoms with Crippen LogP contribution >= 0.6 is 0 Å².